The van der Waals surface area contributed by atoms with Gasteiger partial charge in [-0.2, -0.15) is 6.17 Å². The number of halogens is 1. The fraction of sp³-hybridized carbons (Fsp3) is 0.957. The molecule has 0 amide bonds. The minimum absolute atomic E-state index is 0.578. The maximum atomic E-state index is 4.20. The first kappa shape index (κ1) is 18.5. The van der Waals surface area contributed by atoms with Crippen LogP contribution in [0.15, 0.2) is 0 Å². The van der Waals surface area contributed by atoms with Gasteiger partial charge in [0.15, 0.2) is 0 Å². The molecule has 0 unspecified atom stereocenters. The molecule has 155 valence electrons. The van der Waals surface area contributed by atoms with Gasteiger partial charge in [-0.3, -0.25) is 0 Å². The molecular formula is C23H35ClCuN2. The van der Waals surface area contributed by atoms with Crippen molar-refractivity contribution >= 4 is 10.1 Å². The van der Waals surface area contributed by atoms with Crippen molar-refractivity contribution in [2.24, 2.45) is 40.9 Å². The van der Waals surface area contributed by atoms with Crippen LogP contribution in [0.1, 0.15) is 77.0 Å². The minimum atomic E-state index is 0.578. The molecule has 8 bridgehead atoms. The van der Waals surface area contributed by atoms with Gasteiger partial charge < -0.3 is 10.2 Å². The van der Waals surface area contributed by atoms with E-state index in [2.05, 4.69) is 35.4 Å². The standard InChI is InChI=1S/C23H35N2.ClH.Cu/c1-2-25(23-12-18-6-19(13-23)8-20(7-18)14-23)21(24-1)22-9-15-3-16(10-22)5-17(4-15)11-22;;/h15-20,24H,1-14H2;1H;/q-1;;+2/p-1. The summed E-state index contributed by atoms with van der Waals surface area (Å²) in [6, 6.07) is 0. The summed E-state index contributed by atoms with van der Waals surface area (Å²) in [5, 5.41) is 4.03. The molecule has 1 N–H and O–H groups in total. The van der Waals surface area contributed by atoms with Gasteiger partial charge in [0, 0.05) is 0 Å². The quantitative estimate of drug-likeness (QED) is 0.468. The molecule has 9 rings (SSSR count). The van der Waals surface area contributed by atoms with Crippen molar-refractivity contribution in [1.82, 2.24) is 10.2 Å². The average Bonchev–Trinajstić information content (AvgIpc) is 3.13. The normalized spacial score (nSPS) is 55.8. The van der Waals surface area contributed by atoms with E-state index < -0.39 is 0 Å². The number of hydrogen-bond donors (Lipinski definition) is 1. The van der Waals surface area contributed by atoms with Crippen LogP contribution < -0.4 is 5.32 Å². The zero-order valence-electron chi connectivity index (χ0n) is 16.5. The van der Waals surface area contributed by atoms with E-state index in [1.54, 1.807) is 44.7 Å². The van der Waals surface area contributed by atoms with Crippen LogP contribution in [0.4, 0.5) is 0 Å². The number of rotatable bonds is 2. The SMILES string of the molecule is C1CN(C23CC4CC(CC(C4)C2)C3)[C-](C23CC4CC(CC(C4)C2)C3)N1.[Cl][Cu+]. The topological polar surface area (TPSA) is 15.3 Å². The Kier molecular flexibility index (Phi) is 4.53. The third-order valence-electron chi connectivity index (χ3n) is 10.0. The van der Waals surface area contributed by atoms with Gasteiger partial charge in [-0.1, -0.05) is 19.3 Å². The fourth-order valence-corrected chi connectivity index (χ4v) is 10.2. The molecule has 9 aliphatic rings. The van der Waals surface area contributed by atoms with E-state index in [4.69, 9.17) is 0 Å². The molecule has 0 aromatic carbocycles. The average molecular weight is 439 g/mol. The van der Waals surface area contributed by atoms with E-state index in [0.29, 0.717) is 11.0 Å². The Balaban J connectivity index is 0.000000710. The first-order valence-corrected chi connectivity index (χ1v) is 13.0. The van der Waals surface area contributed by atoms with Gasteiger partial charge in [-0.05, 0) is 112 Å². The van der Waals surface area contributed by atoms with Crippen LogP contribution in [0, 0.1) is 47.1 Å². The van der Waals surface area contributed by atoms with Crippen molar-refractivity contribution in [3.8, 4) is 0 Å². The molecule has 0 radical (unpaired) electrons. The Morgan fingerprint density at radius 1 is 0.704 bits per heavy atom. The van der Waals surface area contributed by atoms with Gasteiger partial charge in [0.1, 0.15) is 0 Å². The molecule has 27 heavy (non-hydrogen) atoms. The van der Waals surface area contributed by atoms with Crippen LogP contribution in [-0.4, -0.2) is 23.5 Å². The maximum absolute atomic E-state index is 4.20. The van der Waals surface area contributed by atoms with E-state index in [1.165, 1.54) is 51.6 Å². The molecular weight excluding hydrogens is 403 g/mol. The Morgan fingerprint density at radius 3 is 1.56 bits per heavy atom. The molecule has 0 aromatic heterocycles. The second-order valence-electron chi connectivity index (χ2n) is 11.8. The summed E-state index contributed by atoms with van der Waals surface area (Å²) in [7, 11) is 4.20. The Hall–Kier alpha value is 0.729. The predicted octanol–water partition coefficient (Wildman–Crippen LogP) is 5.25. The van der Waals surface area contributed by atoms with E-state index in [0.717, 1.165) is 35.5 Å². The van der Waals surface area contributed by atoms with Crippen molar-refractivity contribution in [3.05, 3.63) is 6.17 Å². The van der Waals surface area contributed by atoms with E-state index >= 15 is 0 Å². The summed E-state index contributed by atoms with van der Waals surface area (Å²) < 4.78 is 0. The molecule has 1 heterocycles. The monoisotopic (exact) mass is 437 g/mol. The third-order valence-corrected chi connectivity index (χ3v) is 10.0. The summed E-state index contributed by atoms with van der Waals surface area (Å²) in [5.74, 6) is 6.43. The van der Waals surface area contributed by atoms with Crippen LogP contribution in [0.25, 0.3) is 0 Å². The van der Waals surface area contributed by atoms with Crippen LogP contribution >= 0.6 is 10.1 Å². The van der Waals surface area contributed by atoms with E-state index in [9.17, 15) is 0 Å². The number of nitrogens with one attached hydrogen (secondary N) is 1. The number of nitrogens with zero attached hydrogens (tertiary/aromatic N) is 1. The van der Waals surface area contributed by atoms with Crippen LogP contribution in [0.3, 0.4) is 0 Å². The van der Waals surface area contributed by atoms with Crippen LogP contribution in [0.5, 0.6) is 0 Å². The van der Waals surface area contributed by atoms with E-state index in [-0.39, 0.29) is 0 Å². The van der Waals surface area contributed by atoms with Crippen LogP contribution in [-0.2, 0) is 15.1 Å². The van der Waals surface area contributed by atoms with Crippen molar-refractivity contribution in [3.63, 3.8) is 0 Å². The summed E-state index contributed by atoms with van der Waals surface area (Å²) in [4.78, 5) is 3.05. The molecule has 0 spiro atoms. The fourth-order valence-electron chi connectivity index (χ4n) is 10.2. The zero-order valence-corrected chi connectivity index (χ0v) is 18.2. The summed E-state index contributed by atoms with van der Waals surface area (Å²) in [5.41, 5.74) is 1.16. The second kappa shape index (κ2) is 6.61. The third kappa shape index (κ3) is 2.78. The van der Waals surface area contributed by atoms with Crippen molar-refractivity contribution in [2.75, 3.05) is 13.1 Å². The van der Waals surface area contributed by atoms with Gasteiger partial charge in [0.25, 0.3) is 0 Å². The first-order valence-electron chi connectivity index (χ1n) is 11.7. The van der Waals surface area contributed by atoms with Gasteiger partial charge in [-0.15, -0.1) is 5.41 Å². The molecule has 0 atom stereocenters. The molecule has 8 aliphatic carbocycles. The summed E-state index contributed by atoms with van der Waals surface area (Å²) >= 11 is 3.66. The Bertz CT molecular complexity index is 472. The summed E-state index contributed by atoms with van der Waals surface area (Å²) in [6.07, 6.45) is 20.4. The molecule has 4 heteroatoms. The van der Waals surface area contributed by atoms with Gasteiger partial charge >= 0.3 is 25.2 Å². The molecule has 8 saturated carbocycles. The summed E-state index contributed by atoms with van der Waals surface area (Å²) in [6.45, 7) is 2.56. The zero-order chi connectivity index (χ0) is 18.2. The van der Waals surface area contributed by atoms with Gasteiger partial charge in [0.05, 0.1) is 0 Å². The molecule has 0 aromatic rings. The van der Waals surface area contributed by atoms with Gasteiger partial charge in [0.2, 0.25) is 0 Å². The molecule has 9 fully saturated rings. The van der Waals surface area contributed by atoms with Gasteiger partial charge in [-0.25, -0.2) is 0 Å². The Morgan fingerprint density at radius 2 is 1.11 bits per heavy atom. The number of hydrogen-bond acceptors (Lipinski definition) is 2. The predicted molar refractivity (Wildman–Crippen MR) is 105 cm³/mol. The van der Waals surface area contributed by atoms with Crippen molar-refractivity contribution in [2.45, 2.75) is 82.6 Å². The van der Waals surface area contributed by atoms with E-state index in [1.807, 2.05) is 0 Å². The molecule has 1 saturated heterocycles. The van der Waals surface area contributed by atoms with Crippen molar-refractivity contribution in [1.29, 1.82) is 0 Å². The van der Waals surface area contributed by atoms with Crippen LogP contribution in [0.2, 0.25) is 0 Å². The molecule has 1 aliphatic heterocycles. The first-order chi connectivity index (χ1) is 13.2. The second-order valence-corrected chi connectivity index (χ2v) is 11.8. The Labute approximate surface area is 178 Å². The molecule has 2 nitrogen and oxygen atoms in total. The van der Waals surface area contributed by atoms with Crippen molar-refractivity contribution < 1.29 is 15.1 Å².